The van der Waals surface area contributed by atoms with Crippen molar-refractivity contribution in [3.05, 3.63) is 48.2 Å². The Hall–Kier alpha value is -1.80. The van der Waals surface area contributed by atoms with Crippen molar-refractivity contribution in [1.82, 2.24) is 5.32 Å². The minimum Gasteiger partial charge on any atom is -0.463 e. The van der Waals surface area contributed by atoms with Crippen molar-refractivity contribution < 1.29 is 4.42 Å². The van der Waals surface area contributed by atoms with E-state index >= 15 is 0 Å². The SMILES string of the molecule is CC(C)(C)NCCc1coc2c1ccc1ccccc12. The molecular weight excluding hydrogens is 246 g/mol. The second-order valence-corrected chi connectivity index (χ2v) is 6.35. The molecule has 0 aliphatic heterocycles. The standard InChI is InChI=1S/C18H21NO/c1-18(2,3)19-11-10-14-12-20-17-15-7-5-4-6-13(15)8-9-16(14)17/h4-9,12,19H,10-11H2,1-3H3. The molecule has 0 atom stereocenters. The van der Waals surface area contributed by atoms with Crippen molar-refractivity contribution in [2.24, 2.45) is 0 Å². The summed E-state index contributed by atoms with van der Waals surface area (Å²) < 4.78 is 5.82. The molecule has 0 saturated heterocycles. The van der Waals surface area contributed by atoms with Crippen LogP contribution >= 0.6 is 0 Å². The molecule has 1 heterocycles. The average molecular weight is 267 g/mol. The van der Waals surface area contributed by atoms with Gasteiger partial charge in [-0.25, -0.2) is 0 Å². The second kappa shape index (κ2) is 4.95. The molecule has 2 heteroatoms. The van der Waals surface area contributed by atoms with E-state index in [0.717, 1.165) is 18.5 Å². The zero-order chi connectivity index (χ0) is 14.2. The van der Waals surface area contributed by atoms with Gasteiger partial charge in [-0.1, -0.05) is 36.4 Å². The molecule has 20 heavy (non-hydrogen) atoms. The summed E-state index contributed by atoms with van der Waals surface area (Å²) in [4.78, 5) is 0. The van der Waals surface area contributed by atoms with Gasteiger partial charge in [0.25, 0.3) is 0 Å². The summed E-state index contributed by atoms with van der Waals surface area (Å²) in [6.07, 6.45) is 2.89. The van der Waals surface area contributed by atoms with Crippen LogP contribution in [0.3, 0.4) is 0 Å². The number of fused-ring (bicyclic) bond motifs is 3. The van der Waals surface area contributed by atoms with Crippen LogP contribution in [0.1, 0.15) is 26.3 Å². The Balaban J connectivity index is 1.92. The lowest BCUT2D eigenvalue weighted by Gasteiger charge is -2.20. The van der Waals surface area contributed by atoms with Crippen molar-refractivity contribution in [2.75, 3.05) is 6.54 Å². The number of rotatable bonds is 3. The fourth-order valence-electron chi connectivity index (χ4n) is 2.58. The Morgan fingerprint density at radius 3 is 2.60 bits per heavy atom. The highest BCUT2D eigenvalue weighted by atomic mass is 16.3. The molecule has 2 aromatic carbocycles. The number of hydrogen-bond acceptors (Lipinski definition) is 2. The molecule has 0 radical (unpaired) electrons. The second-order valence-electron chi connectivity index (χ2n) is 6.35. The Kier molecular flexibility index (Phi) is 3.27. The molecule has 3 aromatic rings. The average Bonchev–Trinajstić information content (AvgIpc) is 2.81. The molecule has 0 saturated carbocycles. The van der Waals surface area contributed by atoms with E-state index in [1.54, 1.807) is 0 Å². The third kappa shape index (κ3) is 2.56. The zero-order valence-corrected chi connectivity index (χ0v) is 12.4. The van der Waals surface area contributed by atoms with Crippen LogP contribution < -0.4 is 5.32 Å². The lowest BCUT2D eigenvalue weighted by atomic mass is 10.0. The quantitative estimate of drug-likeness (QED) is 0.755. The van der Waals surface area contributed by atoms with Crippen molar-refractivity contribution in [3.8, 4) is 0 Å². The van der Waals surface area contributed by atoms with Crippen LogP contribution in [0.25, 0.3) is 21.7 Å². The summed E-state index contributed by atoms with van der Waals surface area (Å²) in [5.41, 5.74) is 2.45. The molecule has 0 aliphatic rings. The van der Waals surface area contributed by atoms with E-state index in [1.807, 2.05) is 6.26 Å². The van der Waals surface area contributed by atoms with E-state index in [4.69, 9.17) is 4.42 Å². The Labute approximate surface area is 119 Å². The highest BCUT2D eigenvalue weighted by molar-refractivity contribution is 6.05. The molecule has 0 unspecified atom stereocenters. The first-order valence-corrected chi connectivity index (χ1v) is 7.17. The Morgan fingerprint density at radius 2 is 1.80 bits per heavy atom. The maximum absolute atomic E-state index is 5.82. The molecule has 1 N–H and O–H groups in total. The largest absolute Gasteiger partial charge is 0.463 e. The minimum absolute atomic E-state index is 0.159. The fourth-order valence-corrected chi connectivity index (χ4v) is 2.58. The smallest absolute Gasteiger partial charge is 0.141 e. The van der Waals surface area contributed by atoms with Crippen LogP contribution in [0.2, 0.25) is 0 Å². The lowest BCUT2D eigenvalue weighted by molar-refractivity contribution is 0.429. The predicted octanol–water partition coefficient (Wildman–Crippen LogP) is 4.52. The predicted molar refractivity (Wildman–Crippen MR) is 85.2 cm³/mol. The first-order chi connectivity index (χ1) is 9.54. The van der Waals surface area contributed by atoms with Gasteiger partial charge in [-0.3, -0.25) is 0 Å². The highest BCUT2D eigenvalue weighted by Crippen LogP contribution is 2.29. The molecule has 0 bridgehead atoms. The van der Waals surface area contributed by atoms with Crippen LogP contribution in [0.5, 0.6) is 0 Å². The maximum Gasteiger partial charge on any atom is 0.141 e. The maximum atomic E-state index is 5.82. The van der Waals surface area contributed by atoms with E-state index in [1.165, 1.54) is 21.7 Å². The summed E-state index contributed by atoms with van der Waals surface area (Å²) in [5.74, 6) is 0. The Bertz CT molecular complexity index is 734. The first-order valence-electron chi connectivity index (χ1n) is 7.17. The van der Waals surface area contributed by atoms with E-state index in [-0.39, 0.29) is 5.54 Å². The van der Waals surface area contributed by atoms with Gasteiger partial charge in [0.05, 0.1) is 6.26 Å². The molecule has 3 rings (SSSR count). The van der Waals surface area contributed by atoms with Gasteiger partial charge < -0.3 is 9.73 Å². The molecular formula is C18H21NO. The number of nitrogens with one attached hydrogen (secondary N) is 1. The van der Waals surface area contributed by atoms with Crippen LogP contribution in [-0.4, -0.2) is 12.1 Å². The van der Waals surface area contributed by atoms with Crippen molar-refractivity contribution in [1.29, 1.82) is 0 Å². The van der Waals surface area contributed by atoms with Crippen LogP contribution in [-0.2, 0) is 6.42 Å². The summed E-state index contributed by atoms with van der Waals surface area (Å²) in [6, 6.07) is 12.7. The zero-order valence-electron chi connectivity index (χ0n) is 12.4. The minimum atomic E-state index is 0.159. The van der Waals surface area contributed by atoms with Gasteiger partial charge in [0.1, 0.15) is 5.58 Å². The molecule has 1 aromatic heterocycles. The van der Waals surface area contributed by atoms with Gasteiger partial charge in [-0.2, -0.15) is 0 Å². The number of benzene rings is 2. The van der Waals surface area contributed by atoms with E-state index < -0.39 is 0 Å². The van der Waals surface area contributed by atoms with Gasteiger partial charge in [-0.05, 0) is 44.7 Å². The first kappa shape index (κ1) is 13.2. The molecule has 0 aliphatic carbocycles. The summed E-state index contributed by atoms with van der Waals surface area (Å²) in [6.45, 7) is 7.53. The molecule has 0 fully saturated rings. The van der Waals surface area contributed by atoms with E-state index in [0.29, 0.717) is 0 Å². The van der Waals surface area contributed by atoms with Crippen LogP contribution in [0, 0.1) is 0 Å². The third-order valence-corrected chi connectivity index (χ3v) is 3.59. The van der Waals surface area contributed by atoms with Crippen LogP contribution in [0.15, 0.2) is 47.1 Å². The molecule has 104 valence electrons. The van der Waals surface area contributed by atoms with Gasteiger partial charge in [0, 0.05) is 16.3 Å². The van der Waals surface area contributed by atoms with E-state index in [9.17, 15) is 0 Å². The molecule has 2 nitrogen and oxygen atoms in total. The fraction of sp³-hybridized carbons (Fsp3) is 0.333. The monoisotopic (exact) mass is 267 g/mol. The Morgan fingerprint density at radius 1 is 1.00 bits per heavy atom. The highest BCUT2D eigenvalue weighted by Gasteiger charge is 2.11. The lowest BCUT2D eigenvalue weighted by Crippen LogP contribution is -2.37. The molecule has 0 spiro atoms. The molecule has 0 amide bonds. The summed E-state index contributed by atoms with van der Waals surface area (Å²) in [7, 11) is 0. The number of hydrogen-bond donors (Lipinski definition) is 1. The summed E-state index contributed by atoms with van der Waals surface area (Å²) in [5, 5.41) is 7.18. The van der Waals surface area contributed by atoms with Gasteiger partial charge in [0.2, 0.25) is 0 Å². The van der Waals surface area contributed by atoms with E-state index in [2.05, 4.69) is 62.5 Å². The topological polar surface area (TPSA) is 25.2 Å². The normalized spacial score (nSPS) is 12.3. The third-order valence-electron chi connectivity index (χ3n) is 3.59. The van der Waals surface area contributed by atoms with Gasteiger partial charge in [-0.15, -0.1) is 0 Å². The van der Waals surface area contributed by atoms with Gasteiger partial charge in [0.15, 0.2) is 0 Å². The van der Waals surface area contributed by atoms with Crippen molar-refractivity contribution >= 4 is 21.7 Å². The number of furan rings is 1. The summed E-state index contributed by atoms with van der Waals surface area (Å²) >= 11 is 0. The van der Waals surface area contributed by atoms with Crippen molar-refractivity contribution in [2.45, 2.75) is 32.7 Å². The van der Waals surface area contributed by atoms with Gasteiger partial charge >= 0.3 is 0 Å². The van der Waals surface area contributed by atoms with Crippen molar-refractivity contribution in [3.63, 3.8) is 0 Å². The van der Waals surface area contributed by atoms with Crippen LogP contribution in [0.4, 0.5) is 0 Å².